The van der Waals surface area contributed by atoms with E-state index in [0.29, 0.717) is 31.0 Å². The first-order chi connectivity index (χ1) is 10.8. The molecule has 1 aliphatic carbocycles. The number of rotatable bonds is 6. The Kier molecular flexibility index (Phi) is 4.50. The van der Waals surface area contributed by atoms with Gasteiger partial charge in [-0.05, 0) is 31.2 Å². The summed E-state index contributed by atoms with van der Waals surface area (Å²) in [5.41, 5.74) is 3.61. The fourth-order valence-corrected chi connectivity index (χ4v) is 2.75. The maximum Gasteiger partial charge on any atom is 0.235 e. The third kappa shape index (κ3) is 3.35. The molecule has 0 atom stereocenters. The van der Waals surface area contributed by atoms with E-state index in [1.165, 1.54) is 24.1 Å². The fraction of sp³-hybridized carbons (Fsp3) is 0.600. The molecule has 7 nitrogen and oxygen atoms in total. The lowest BCUT2D eigenvalue weighted by Gasteiger charge is -2.10. The molecule has 0 saturated carbocycles. The van der Waals surface area contributed by atoms with Crippen molar-refractivity contribution in [1.29, 1.82) is 0 Å². The molecule has 7 heteroatoms. The number of H-pyrrole nitrogens is 1. The number of fused-ring (bicyclic) bond motifs is 1. The van der Waals surface area contributed by atoms with Crippen molar-refractivity contribution in [2.24, 2.45) is 0 Å². The lowest BCUT2D eigenvalue weighted by Crippen LogP contribution is -2.23. The molecular weight excluding hydrogens is 282 g/mol. The molecule has 1 aliphatic rings. The van der Waals surface area contributed by atoms with Crippen LogP contribution < -0.4 is 5.32 Å². The van der Waals surface area contributed by atoms with E-state index in [4.69, 9.17) is 4.42 Å². The van der Waals surface area contributed by atoms with Crippen LogP contribution in [-0.2, 0) is 37.0 Å². The number of nitrogens with one attached hydrogen (secondary N) is 2. The van der Waals surface area contributed by atoms with Crippen molar-refractivity contribution < 1.29 is 9.21 Å². The topological polar surface area (TPSA) is 96.7 Å². The van der Waals surface area contributed by atoms with Gasteiger partial charge in [-0.2, -0.15) is 5.10 Å². The van der Waals surface area contributed by atoms with Crippen LogP contribution in [0.15, 0.2) is 4.42 Å². The summed E-state index contributed by atoms with van der Waals surface area (Å²) in [6.45, 7) is 2.23. The van der Waals surface area contributed by atoms with Crippen LogP contribution in [0, 0.1) is 0 Å². The van der Waals surface area contributed by atoms with Crippen LogP contribution >= 0.6 is 0 Å². The molecule has 118 valence electrons. The Hall–Kier alpha value is -2.18. The van der Waals surface area contributed by atoms with Crippen molar-refractivity contribution in [2.75, 3.05) is 0 Å². The van der Waals surface area contributed by atoms with Gasteiger partial charge in [0.15, 0.2) is 0 Å². The summed E-state index contributed by atoms with van der Waals surface area (Å²) in [4.78, 5) is 11.9. The summed E-state index contributed by atoms with van der Waals surface area (Å²) in [6, 6.07) is 0. The molecule has 0 spiro atoms. The monoisotopic (exact) mass is 303 g/mol. The summed E-state index contributed by atoms with van der Waals surface area (Å²) in [6.07, 6.45) is 6.37. The smallest absolute Gasteiger partial charge is 0.235 e. The van der Waals surface area contributed by atoms with Gasteiger partial charge in [0, 0.05) is 25.0 Å². The van der Waals surface area contributed by atoms with Crippen LogP contribution in [0.4, 0.5) is 0 Å². The van der Waals surface area contributed by atoms with Gasteiger partial charge < -0.3 is 9.73 Å². The molecule has 2 aromatic rings. The second-order valence-electron chi connectivity index (χ2n) is 5.55. The molecule has 3 rings (SSSR count). The highest BCUT2D eigenvalue weighted by Crippen LogP contribution is 2.22. The minimum absolute atomic E-state index is 0.0243. The number of carbonyl (C=O) groups is 1. The maximum absolute atomic E-state index is 11.9. The quantitative estimate of drug-likeness (QED) is 0.842. The first-order valence-electron chi connectivity index (χ1n) is 7.89. The zero-order chi connectivity index (χ0) is 15.4. The molecule has 1 amide bonds. The largest absolute Gasteiger partial charge is 0.423 e. The SMILES string of the molecule is CCc1nnc(CNC(=O)CCc2n[nH]c3c2CCCC3)o1. The van der Waals surface area contributed by atoms with E-state index < -0.39 is 0 Å². The number of aromatic nitrogens is 4. The Morgan fingerprint density at radius 1 is 1.27 bits per heavy atom. The maximum atomic E-state index is 11.9. The highest BCUT2D eigenvalue weighted by molar-refractivity contribution is 5.76. The summed E-state index contributed by atoms with van der Waals surface area (Å²) < 4.78 is 5.35. The van der Waals surface area contributed by atoms with Gasteiger partial charge in [-0.15, -0.1) is 10.2 Å². The first kappa shape index (κ1) is 14.7. The standard InChI is InChI=1S/C15H21N5O2/c1-2-14-19-20-15(22-14)9-16-13(21)8-7-12-10-5-3-4-6-11(10)17-18-12/h2-9H2,1H3,(H,16,21)(H,17,18). The lowest BCUT2D eigenvalue weighted by molar-refractivity contribution is -0.121. The van der Waals surface area contributed by atoms with Crippen LogP contribution in [0.2, 0.25) is 0 Å². The summed E-state index contributed by atoms with van der Waals surface area (Å²) >= 11 is 0. The number of carbonyl (C=O) groups excluding carboxylic acids is 1. The van der Waals surface area contributed by atoms with Crippen molar-refractivity contribution in [2.45, 2.75) is 58.4 Å². The van der Waals surface area contributed by atoms with Crippen LogP contribution in [0.3, 0.4) is 0 Å². The number of amides is 1. The van der Waals surface area contributed by atoms with Gasteiger partial charge in [-0.25, -0.2) is 0 Å². The van der Waals surface area contributed by atoms with Crippen LogP contribution in [0.1, 0.15) is 54.9 Å². The van der Waals surface area contributed by atoms with Gasteiger partial charge in [0.1, 0.15) is 0 Å². The van der Waals surface area contributed by atoms with Crippen LogP contribution in [0.25, 0.3) is 0 Å². The Balaban J connectivity index is 1.47. The Morgan fingerprint density at radius 2 is 2.09 bits per heavy atom. The highest BCUT2D eigenvalue weighted by atomic mass is 16.4. The van der Waals surface area contributed by atoms with Crippen molar-refractivity contribution >= 4 is 5.91 Å². The zero-order valence-corrected chi connectivity index (χ0v) is 12.8. The second kappa shape index (κ2) is 6.72. The van der Waals surface area contributed by atoms with E-state index in [9.17, 15) is 4.79 Å². The molecule has 0 unspecified atom stereocenters. The minimum atomic E-state index is -0.0243. The van der Waals surface area contributed by atoms with Crippen LogP contribution in [0.5, 0.6) is 0 Å². The van der Waals surface area contributed by atoms with Crippen LogP contribution in [-0.4, -0.2) is 26.3 Å². The van der Waals surface area contributed by atoms with Gasteiger partial charge >= 0.3 is 0 Å². The molecule has 0 radical (unpaired) electrons. The van der Waals surface area contributed by atoms with E-state index >= 15 is 0 Å². The van der Waals surface area contributed by atoms with Gasteiger partial charge in [0.2, 0.25) is 17.7 Å². The normalized spacial score (nSPS) is 13.9. The Morgan fingerprint density at radius 3 is 2.91 bits per heavy atom. The zero-order valence-electron chi connectivity index (χ0n) is 12.8. The third-order valence-electron chi connectivity index (χ3n) is 3.98. The van der Waals surface area contributed by atoms with Gasteiger partial charge in [0.25, 0.3) is 0 Å². The van der Waals surface area contributed by atoms with Crippen molar-refractivity contribution in [3.63, 3.8) is 0 Å². The summed E-state index contributed by atoms with van der Waals surface area (Å²) in [5.74, 6) is 1.01. The molecule has 2 aromatic heterocycles. The van der Waals surface area contributed by atoms with E-state index in [2.05, 4.69) is 25.7 Å². The molecule has 2 heterocycles. The summed E-state index contributed by atoms with van der Waals surface area (Å²) in [5, 5.41) is 18.0. The minimum Gasteiger partial charge on any atom is -0.423 e. The average Bonchev–Trinajstić information content (AvgIpc) is 3.17. The third-order valence-corrected chi connectivity index (χ3v) is 3.98. The van der Waals surface area contributed by atoms with E-state index in [1.54, 1.807) is 0 Å². The Bertz CT molecular complexity index is 646. The molecule has 22 heavy (non-hydrogen) atoms. The predicted molar refractivity (Wildman–Crippen MR) is 79.1 cm³/mol. The predicted octanol–water partition coefficient (Wildman–Crippen LogP) is 1.48. The van der Waals surface area contributed by atoms with Gasteiger partial charge in [0.05, 0.1) is 12.2 Å². The van der Waals surface area contributed by atoms with Gasteiger partial charge in [-0.1, -0.05) is 6.92 Å². The Labute approximate surface area is 128 Å². The summed E-state index contributed by atoms with van der Waals surface area (Å²) in [7, 11) is 0. The molecule has 2 N–H and O–H groups in total. The van der Waals surface area contributed by atoms with Crippen molar-refractivity contribution in [1.82, 2.24) is 25.7 Å². The number of nitrogens with zero attached hydrogens (tertiary/aromatic N) is 3. The number of hydrogen-bond acceptors (Lipinski definition) is 5. The molecule has 0 aliphatic heterocycles. The number of hydrogen-bond donors (Lipinski definition) is 2. The average molecular weight is 303 g/mol. The van der Waals surface area contributed by atoms with E-state index in [-0.39, 0.29) is 12.5 Å². The molecule has 0 fully saturated rings. The lowest BCUT2D eigenvalue weighted by atomic mass is 9.95. The van der Waals surface area contributed by atoms with E-state index in [0.717, 1.165) is 18.5 Å². The fourth-order valence-electron chi connectivity index (χ4n) is 2.75. The van der Waals surface area contributed by atoms with Gasteiger partial charge in [-0.3, -0.25) is 9.89 Å². The van der Waals surface area contributed by atoms with Crippen molar-refractivity contribution in [3.8, 4) is 0 Å². The highest BCUT2D eigenvalue weighted by Gasteiger charge is 2.17. The number of aryl methyl sites for hydroxylation is 3. The molecule has 0 aromatic carbocycles. The van der Waals surface area contributed by atoms with E-state index in [1.807, 2.05) is 6.92 Å². The molecular formula is C15H21N5O2. The molecule has 0 saturated heterocycles. The first-order valence-corrected chi connectivity index (χ1v) is 7.89. The second-order valence-corrected chi connectivity index (χ2v) is 5.55. The number of aromatic amines is 1. The van der Waals surface area contributed by atoms with Crippen molar-refractivity contribution in [3.05, 3.63) is 28.7 Å². The molecule has 0 bridgehead atoms.